The van der Waals surface area contributed by atoms with E-state index in [0.29, 0.717) is 16.8 Å². The number of rotatable bonds is 6. The number of nitrogens with zero attached hydrogens (tertiary/aromatic N) is 1. The van der Waals surface area contributed by atoms with Crippen LogP contribution in [0, 0.1) is 13.8 Å². The van der Waals surface area contributed by atoms with E-state index in [2.05, 4.69) is 4.72 Å². The smallest absolute Gasteiger partial charge is 0.262 e. The van der Waals surface area contributed by atoms with Crippen LogP contribution in [0.2, 0.25) is 0 Å². The van der Waals surface area contributed by atoms with Crippen molar-refractivity contribution in [1.29, 1.82) is 0 Å². The third kappa shape index (κ3) is 4.68. The van der Waals surface area contributed by atoms with E-state index in [1.54, 1.807) is 66.6 Å². The number of hydrogen-bond acceptors (Lipinski definition) is 4. The molecule has 0 spiro atoms. The fourth-order valence-corrected chi connectivity index (χ4v) is 5.20. The SMILES string of the molecule is Cc1ccc(C)c(S(=O)(=O)Nc2ccc(C(=O)N(C)C(C)c3cccs3)cc2)c1. The zero-order valence-electron chi connectivity index (χ0n) is 16.8. The summed E-state index contributed by atoms with van der Waals surface area (Å²) in [6.07, 6.45) is 0. The second-order valence-electron chi connectivity index (χ2n) is 7.06. The van der Waals surface area contributed by atoms with Crippen molar-refractivity contribution in [3.05, 3.63) is 81.5 Å². The van der Waals surface area contributed by atoms with E-state index in [-0.39, 0.29) is 16.8 Å². The highest BCUT2D eigenvalue weighted by Crippen LogP contribution is 2.25. The molecule has 1 atom stereocenters. The van der Waals surface area contributed by atoms with E-state index in [1.807, 2.05) is 37.4 Å². The van der Waals surface area contributed by atoms with Gasteiger partial charge < -0.3 is 4.90 Å². The predicted molar refractivity (Wildman–Crippen MR) is 118 cm³/mol. The van der Waals surface area contributed by atoms with Crippen molar-refractivity contribution in [2.75, 3.05) is 11.8 Å². The van der Waals surface area contributed by atoms with Gasteiger partial charge in [-0.2, -0.15) is 0 Å². The summed E-state index contributed by atoms with van der Waals surface area (Å²) >= 11 is 1.61. The summed E-state index contributed by atoms with van der Waals surface area (Å²) in [4.78, 5) is 15.8. The average molecular weight is 429 g/mol. The van der Waals surface area contributed by atoms with Crippen LogP contribution in [0.5, 0.6) is 0 Å². The molecule has 0 saturated carbocycles. The molecule has 0 fully saturated rings. The van der Waals surface area contributed by atoms with Crippen molar-refractivity contribution >= 4 is 33.0 Å². The van der Waals surface area contributed by atoms with Crippen LogP contribution in [-0.2, 0) is 10.0 Å². The fourth-order valence-electron chi connectivity index (χ4n) is 2.99. The maximum Gasteiger partial charge on any atom is 0.262 e. The molecule has 0 saturated heterocycles. The number of carbonyl (C=O) groups is 1. The van der Waals surface area contributed by atoms with Gasteiger partial charge in [0.1, 0.15) is 0 Å². The van der Waals surface area contributed by atoms with Gasteiger partial charge >= 0.3 is 0 Å². The van der Waals surface area contributed by atoms with Crippen LogP contribution >= 0.6 is 11.3 Å². The molecule has 0 bridgehead atoms. The number of benzene rings is 2. The maximum atomic E-state index is 12.8. The lowest BCUT2D eigenvalue weighted by atomic mass is 10.1. The highest BCUT2D eigenvalue weighted by Gasteiger charge is 2.21. The molecule has 1 heterocycles. The molecule has 1 amide bonds. The lowest BCUT2D eigenvalue weighted by Crippen LogP contribution is -2.29. The molecule has 7 heteroatoms. The topological polar surface area (TPSA) is 66.5 Å². The molecule has 0 aliphatic heterocycles. The molecule has 1 unspecified atom stereocenters. The van der Waals surface area contributed by atoms with Crippen LogP contribution < -0.4 is 4.72 Å². The fraction of sp³-hybridized carbons (Fsp3) is 0.227. The minimum absolute atomic E-state index is 0.0371. The van der Waals surface area contributed by atoms with Crippen molar-refractivity contribution < 1.29 is 13.2 Å². The average Bonchev–Trinajstić information content (AvgIpc) is 3.23. The quantitative estimate of drug-likeness (QED) is 0.601. The Bertz CT molecular complexity index is 1110. The van der Waals surface area contributed by atoms with Gasteiger partial charge in [0.2, 0.25) is 0 Å². The Balaban J connectivity index is 1.76. The standard InChI is InChI=1S/C22H24N2O3S2/c1-15-7-8-16(2)21(14-15)29(26,27)23-19-11-9-18(10-12-19)22(25)24(4)17(3)20-6-5-13-28-20/h5-14,17,23H,1-4H3. The monoisotopic (exact) mass is 428 g/mol. The van der Waals surface area contributed by atoms with Gasteiger partial charge in [-0.05, 0) is 73.7 Å². The molecule has 1 N–H and O–H groups in total. The van der Waals surface area contributed by atoms with Crippen molar-refractivity contribution in [3.63, 3.8) is 0 Å². The molecule has 0 aliphatic rings. The van der Waals surface area contributed by atoms with Crippen LogP contribution in [0.15, 0.2) is 64.9 Å². The first-order chi connectivity index (χ1) is 13.7. The number of anilines is 1. The number of hydrogen-bond donors (Lipinski definition) is 1. The van der Waals surface area contributed by atoms with E-state index in [1.165, 1.54) is 0 Å². The maximum absolute atomic E-state index is 12.8. The second-order valence-corrected chi connectivity index (χ2v) is 9.69. The van der Waals surface area contributed by atoms with E-state index in [0.717, 1.165) is 10.4 Å². The van der Waals surface area contributed by atoms with Crippen LogP contribution in [0.4, 0.5) is 5.69 Å². The minimum Gasteiger partial charge on any atom is -0.334 e. The van der Waals surface area contributed by atoms with Crippen LogP contribution in [0.25, 0.3) is 0 Å². The normalized spacial score (nSPS) is 12.4. The summed E-state index contributed by atoms with van der Waals surface area (Å²) in [6, 6.07) is 15.7. The summed E-state index contributed by atoms with van der Waals surface area (Å²) in [5.74, 6) is -0.116. The lowest BCUT2D eigenvalue weighted by Gasteiger charge is -2.24. The summed E-state index contributed by atoms with van der Waals surface area (Å²) in [6.45, 7) is 5.60. The minimum atomic E-state index is -3.70. The van der Waals surface area contributed by atoms with Gasteiger partial charge in [-0.1, -0.05) is 18.2 Å². The van der Waals surface area contributed by atoms with Crippen molar-refractivity contribution in [2.24, 2.45) is 0 Å². The number of sulfonamides is 1. The highest BCUT2D eigenvalue weighted by molar-refractivity contribution is 7.92. The Hall–Kier alpha value is -2.64. The molecule has 0 aliphatic carbocycles. The first-order valence-corrected chi connectivity index (χ1v) is 11.6. The first-order valence-electron chi connectivity index (χ1n) is 9.20. The molecule has 3 rings (SSSR count). The molecular formula is C22H24N2O3S2. The number of carbonyl (C=O) groups excluding carboxylic acids is 1. The highest BCUT2D eigenvalue weighted by atomic mass is 32.2. The van der Waals surface area contributed by atoms with Crippen molar-refractivity contribution in [3.8, 4) is 0 Å². The van der Waals surface area contributed by atoms with E-state index in [9.17, 15) is 13.2 Å². The Morgan fingerprint density at radius 3 is 2.38 bits per heavy atom. The van der Waals surface area contributed by atoms with Gasteiger partial charge in [0, 0.05) is 23.2 Å². The van der Waals surface area contributed by atoms with Gasteiger partial charge in [-0.3, -0.25) is 9.52 Å². The molecule has 1 aromatic heterocycles. The lowest BCUT2D eigenvalue weighted by molar-refractivity contribution is 0.0745. The Labute approximate surface area is 176 Å². The van der Waals surface area contributed by atoms with Crippen molar-refractivity contribution in [1.82, 2.24) is 4.90 Å². The van der Waals surface area contributed by atoms with Gasteiger partial charge in [0.05, 0.1) is 10.9 Å². The first kappa shape index (κ1) is 21.1. The van der Waals surface area contributed by atoms with Gasteiger partial charge in [0.15, 0.2) is 0 Å². The Kier molecular flexibility index (Phi) is 6.10. The zero-order chi connectivity index (χ0) is 21.2. The molecule has 5 nitrogen and oxygen atoms in total. The Morgan fingerprint density at radius 1 is 1.07 bits per heavy atom. The molecule has 152 valence electrons. The van der Waals surface area contributed by atoms with Gasteiger partial charge in [0.25, 0.3) is 15.9 Å². The number of thiophene rings is 1. The third-order valence-electron chi connectivity index (χ3n) is 4.87. The predicted octanol–water partition coefficient (Wildman–Crippen LogP) is 5.00. The Morgan fingerprint density at radius 2 is 1.76 bits per heavy atom. The van der Waals surface area contributed by atoms with Crippen LogP contribution in [0.1, 0.15) is 39.3 Å². The van der Waals surface area contributed by atoms with Crippen molar-refractivity contribution in [2.45, 2.75) is 31.7 Å². The van der Waals surface area contributed by atoms with E-state index >= 15 is 0 Å². The molecule has 3 aromatic rings. The molecule has 29 heavy (non-hydrogen) atoms. The second kappa shape index (κ2) is 8.39. The summed E-state index contributed by atoms with van der Waals surface area (Å²) < 4.78 is 28.1. The largest absolute Gasteiger partial charge is 0.334 e. The number of aryl methyl sites for hydroxylation is 2. The zero-order valence-corrected chi connectivity index (χ0v) is 18.5. The number of nitrogens with one attached hydrogen (secondary N) is 1. The molecule has 0 radical (unpaired) electrons. The van der Waals surface area contributed by atoms with E-state index < -0.39 is 10.0 Å². The van der Waals surface area contributed by atoms with Gasteiger partial charge in [-0.15, -0.1) is 11.3 Å². The molecular weight excluding hydrogens is 404 g/mol. The summed E-state index contributed by atoms with van der Waals surface area (Å²) in [5.41, 5.74) is 2.47. The summed E-state index contributed by atoms with van der Waals surface area (Å²) in [5, 5.41) is 1.99. The van der Waals surface area contributed by atoms with Crippen LogP contribution in [0.3, 0.4) is 0 Å². The van der Waals surface area contributed by atoms with E-state index in [4.69, 9.17) is 0 Å². The molecule has 2 aromatic carbocycles. The number of amides is 1. The van der Waals surface area contributed by atoms with Crippen LogP contribution in [-0.4, -0.2) is 26.3 Å². The third-order valence-corrected chi connectivity index (χ3v) is 7.44. The van der Waals surface area contributed by atoms with Gasteiger partial charge in [-0.25, -0.2) is 8.42 Å². The summed E-state index contributed by atoms with van der Waals surface area (Å²) in [7, 11) is -1.94.